The Balaban J connectivity index is 2.15. The fourth-order valence-corrected chi connectivity index (χ4v) is 2.21. The summed E-state index contributed by atoms with van der Waals surface area (Å²) in [7, 11) is 2.12. The SMILES string of the molecule is CN1CCC(c2cc(N)cc(F)c2)CC1. The average molecular weight is 208 g/mol. The van der Waals surface area contributed by atoms with Gasteiger partial charge in [-0.2, -0.15) is 0 Å². The fourth-order valence-electron chi connectivity index (χ4n) is 2.21. The monoisotopic (exact) mass is 208 g/mol. The molecule has 1 aromatic carbocycles. The number of piperidine rings is 1. The molecule has 1 fully saturated rings. The van der Waals surface area contributed by atoms with Crippen molar-refractivity contribution in [1.29, 1.82) is 0 Å². The number of nitrogen functional groups attached to an aromatic ring is 1. The Kier molecular flexibility index (Phi) is 2.91. The summed E-state index contributed by atoms with van der Waals surface area (Å²) in [5.41, 5.74) is 7.23. The molecule has 15 heavy (non-hydrogen) atoms. The van der Waals surface area contributed by atoms with Gasteiger partial charge in [0, 0.05) is 5.69 Å². The van der Waals surface area contributed by atoms with E-state index in [0.29, 0.717) is 11.6 Å². The van der Waals surface area contributed by atoms with Crippen molar-refractivity contribution in [3.63, 3.8) is 0 Å². The van der Waals surface area contributed by atoms with E-state index < -0.39 is 0 Å². The van der Waals surface area contributed by atoms with Crippen molar-refractivity contribution >= 4 is 5.69 Å². The predicted molar refractivity (Wildman–Crippen MR) is 60.3 cm³/mol. The van der Waals surface area contributed by atoms with Gasteiger partial charge in [-0.3, -0.25) is 0 Å². The zero-order chi connectivity index (χ0) is 10.8. The molecule has 0 bridgehead atoms. The first-order valence-electron chi connectivity index (χ1n) is 5.39. The van der Waals surface area contributed by atoms with Crippen LogP contribution in [0.2, 0.25) is 0 Å². The van der Waals surface area contributed by atoms with Crippen LogP contribution < -0.4 is 5.73 Å². The zero-order valence-corrected chi connectivity index (χ0v) is 9.04. The van der Waals surface area contributed by atoms with Crippen LogP contribution in [0.4, 0.5) is 10.1 Å². The van der Waals surface area contributed by atoms with Crippen LogP contribution in [0.25, 0.3) is 0 Å². The third-order valence-corrected chi connectivity index (χ3v) is 3.13. The molecule has 2 rings (SSSR count). The maximum Gasteiger partial charge on any atom is 0.125 e. The van der Waals surface area contributed by atoms with E-state index in [2.05, 4.69) is 11.9 Å². The van der Waals surface area contributed by atoms with Crippen LogP contribution in [0.3, 0.4) is 0 Å². The molecule has 2 N–H and O–H groups in total. The van der Waals surface area contributed by atoms with Gasteiger partial charge in [-0.1, -0.05) is 0 Å². The Morgan fingerprint density at radius 1 is 1.27 bits per heavy atom. The zero-order valence-electron chi connectivity index (χ0n) is 9.04. The molecule has 1 aliphatic rings. The topological polar surface area (TPSA) is 29.3 Å². The van der Waals surface area contributed by atoms with Crippen molar-refractivity contribution in [3.8, 4) is 0 Å². The predicted octanol–water partition coefficient (Wildman–Crippen LogP) is 2.22. The Bertz CT molecular complexity index is 323. The standard InChI is InChI=1S/C12H17FN2/c1-15-4-2-9(3-5-15)10-6-11(13)8-12(14)7-10/h6-9H,2-5,14H2,1H3. The van der Waals surface area contributed by atoms with E-state index in [0.717, 1.165) is 31.5 Å². The molecular formula is C12H17FN2. The van der Waals surface area contributed by atoms with Gasteiger partial charge < -0.3 is 10.6 Å². The highest BCUT2D eigenvalue weighted by Gasteiger charge is 2.18. The molecule has 0 amide bonds. The van der Waals surface area contributed by atoms with Crippen LogP contribution in [0.1, 0.15) is 24.3 Å². The van der Waals surface area contributed by atoms with Gasteiger partial charge in [-0.25, -0.2) is 4.39 Å². The number of anilines is 1. The number of benzene rings is 1. The molecule has 0 unspecified atom stereocenters. The van der Waals surface area contributed by atoms with E-state index in [1.165, 1.54) is 6.07 Å². The second kappa shape index (κ2) is 4.19. The van der Waals surface area contributed by atoms with Crippen LogP contribution in [-0.4, -0.2) is 25.0 Å². The summed E-state index contributed by atoms with van der Waals surface area (Å²) in [6, 6.07) is 4.89. The summed E-state index contributed by atoms with van der Waals surface area (Å²) in [5.74, 6) is 0.253. The minimum Gasteiger partial charge on any atom is -0.399 e. The molecule has 0 aliphatic carbocycles. The maximum atomic E-state index is 13.2. The Hall–Kier alpha value is -1.09. The van der Waals surface area contributed by atoms with E-state index in [1.807, 2.05) is 6.07 Å². The number of halogens is 1. The summed E-state index contributed by atoms with van der Waals surface area (Å²) in [5, 5.41) is 0. The Morgan fingerprint density at radius 2 is 1.93 bits per heavy atom. The quantitative estimate of drug-likeness (QED) is 0.717. The molecule has 1 aromatic rings. The number of hydrogen-bond acceptors (Lipinski definition) is 2. The van der Waals surface area contributed by atoms with Crippen molar-refractivity contribution in [2.24, 2.45) is 0 Å². The minimum absolute atomic E-state index is 0.219. The number of hydrogen-bond donors (Lipinski definition) is 1. The van der Waals surface area contributed by atoms with Crippen LogP contribution >= 0.6 is 0 Å². The summed E-state index contributed by atoms with van der Waals surface area (Å²) in [6.07, 6.45) is 2.19. The van der Waals surface area contributed by atoms with Gasteiger partial charge in [0.25, 0.3) is 0 Å². The summed E-state index contributed by atoms with van der Waals surface area (Å²) >= 11 is 0. The first kappa shape index (κ1) is 10.4. The van der Waals surface area contributed by atoms with Crippen molar-refractivity contribution in [2.75, 3.05) is 25.9 Å². The van der Waals surface area contributed by atoms with Crippen molar-refractivity contribution < 1.29 is 4.39 Å². The molecule has 0 radical (unpaired) electrons. The van der Waals surface area contributed by atoms with Gasteiger partial charge in [0.05, 0.1) is 0 Å². The normalized spacial score (nSPS) is 19.3. The fraction of sp³-hybridized carbons (Fsp3) is 0.500. The van der Waals surface area contributed by atoms with Gasteiger partial charge >= 0.3 is 0 Å². The molecule has 0 spiro atoms. The summed E-state index contributed by atoms with van der Waals surface area (Å²) in [6.45, 7) is 2.17. The molecule has 2 nitrogen and oxygen atoms in total. The number of rotatable bonds is 1. The third kappa shape index (κ3) is 2.48. The highest BCUT2D eigenvalue weighted by molar-refractivity contribution is 5.42. The molecule has 0 aromatic heterocycles. The number of nitrogens with two attached hydrogens (primary N) is 1. The molecule has 0 saturated carbocycles. The minimum atomic E-state index is -0.219. The van der Waals surface area contributed by atoms with Crippen molar-refractivity contribution in [3.05, 3.63) is 29.6 Å². The lowest BCUT2D eigenvalue weighted by atomic mass is 9.89. The molecule has 1 saturated heterocycles. The lowest BCUT2D eigenvalue weighted by Gasteiger charge is -2.29. The maximum absolute atomic E-state index is 13.2. The lowest BCUT2D eigenvalue weighted by molar-refractivity contribution is 0.255. The Morgan fingerprint density at radius 3 is 2.53 bits per heavy atom. The van der Waals surface area contributed by atoms with E-state index in [9.17, 15) is 4.39 Å². The average Bonchev–Trinajstić information content (AvgIpc) is 2.17. The van der Waals surface area contributed by atoms with Crippen LogP contribution in [0.5, 0.6) is 0 Å². The van der Waals surface area contributed by atoms with Crippen molar-refractivity contribution in [2.45, 2.75) is 18.8 Å². The van der Waals surface area contributed by atoms with Crippen molar-refractivity contribution in [1.82, 2.24) is 4.90 Å². The molecule has 0 atom stereocenters. The first-order valence-corrected chi connectivity index (χ1v) is 5.39. The van der Waals surface area contributed by atoms with Gasteiger partial charge in [0.2, 0.25) is 0 Å². The van der Waals surface area contributed by atoms with E-state index in [1.54, 1.807) is 6.07 Å². The smallest absolute Gasteiger partial charge is 0.125 e. The second-order valence-corrected chi connectivity index (χ2v) is 4.40. The van der Waals surface area contributed by atoms with Gasteiger partial charge in [-0.15, -0.1) is 0 Å². The highest BCUT2D eigenvalue weighted by atomic mass is 19.1. The molecule has 3 heteroatoms. The summed E-state index contributed by atoms with van der Waals surface area (Å²) < 4.78 is 13.2. The second-order valence-electron chi connectivity index (χ2n) is 4.40. The lowest BCUT2D eigenvalue weighted by Crippen LogP contribution is -2.29. The number of likely N-dealkylation sites (tertiary alicyclic amines) is 1. The third-order valence-electron chi connectivity index (χ3n) is 3.13. The van der Waals surface area contributed by atoms with Crippen LogP contribution in [-0.2, 0) is 0 Å². The highest BCUT2D eigenvalue weighted by Crippen LogP contribution is 2.29. The van der Waals surface area contributed by atoms with Crippen LogP contribution in [0.15, 0.2) is 18.2 Å². The Labute approximate surface area is 89.9 Å². The largest absolute Gasteiger partial charge is 0.399 e. The first-order chi connectivity index (χ1) is 7.15. The van der Waals surface area contributed by atoms with Gasteiger partial charge in [0.1, 0.15) is 5.82 Å². The van der Waals surface area contributed by atoms with Crippen LogP contribution in [0, 0.1) is 5.82 Å². The van der Waals surface area contributed by atoms with E-state index in [-0.39, 0.29) is 5.82 Å². The summed E-state index contributed by atoms with van der Waals surface area (Å²) in [4.78, 5) is 2.30. The molecular weight excluding hydrogens is 191 g/mol. The molecule has 1 heterocycles. The molecule has 1 aliphatic heterocycles. The van der Waals surface area contributed by atoms with Gasteiger partial charge in [-0.05, 0) is 62.7 Å². The van der Waals surface area contributed by atoms with E-state index in [4.69, 9.17) is 5.73 Å². The van der Waals surface area contributed by atoms with E-state index >= 15 is 0 Å². The van der Waals surface area contributed by atoms with Gasteiger partial charge in [0.15, 0.2) is 0 Å². The number of nitrogens with zero attached hydrogens (tertiary/aromatic N) is 1. The molecule has 82 valence electrons.